The number of carbonyl (C=O) groups excluding carboxylic acids is 1. The molecule has 8 heteroatoms. The topological polar surface area (TPSA) is 78.7 Å². The summed E-state index contributed by atoms with van der Waals surface area (Å²) in [5.74, 6) is -0.166. The smallest absolute Gasteiger partial charge is 0.337 e. The predicted molar refractivity (Wildman–Crippen MR) is 145 cm³/mol. The Bertz CT molecular complexity index is 1480. The highest BCUT2D eigenvalue weighted by Gasteiger charge is 2.33. The van der Waals surface area contributed by atoms with Crippen molar-refractivity contribution in [2.24, 2.45) is 0 Å². The van der Waals surface area contributed by atoms with E-state index < -0.39 is 5.97 Å². The lowest BCUT2D eigenvalue weighted by atomic mass is 9.91. The summed E-state index contributed by atoms with van der Waals surface area (Å²) in [6, 6.07) is 11.7. The highest BCUT2D eigenvalue weighted by atomic mass is 32.1. The molecule has 2 aliphatic rings. The molecule has 190 valence electrons. The summed E-state index contributed by atoms with van der Waals surface area (Å²) in [7, 11) is 0. The van der Waals surface area contributed by atoms with Gasteiger partial charge >= 0.3 is 5.97 Å². The van der Waals surface area contributed by atoms with Crippen LogP contribution >= 0.6 is 11.3 Å². The molecule has 1 saturated heterocycles. The Morgan fingerprint density at radius 3 is 2.62 bits per heavy atom. The number of aromatic carboxylic acids is 1. The summed E-state index contributed by atoms with van der Waals surface area (Å²) in [6.07, 6.45) is 2.80. The first-order valence-electron chi connectivity index (χ1n) is 12.9. The maximum Gasteiger partial charge on any atom is 0.337 e. The third kappa shape index (κ3) is 4.34. The van der Waals surface area contributed by atoms with E-state index in [-0.39, 0.29) is 11.5 Å². The molecule has 0 saturated carbocycles. The molecule has 4 aromatic rings. The molecule has 6 rings (SSSR count). The number of hydrogen-bond acceptors (Lipinski definition) is 5. The number of thiophene rings is 1. The van der Waals surface area contributed by atoms with Crippen LogP contribution in [-0.4, -0.2) is 62.5 Å². The lowest BCUT2D eigenvalue weighted by molar-refractivity contribution is 0.0616. The monoisotopic (exact) mass is 514 g/mol. The van der Waals surface area contributed by atoms with Crippen LogP contribution in [0.1, 0.15) is 50.6 Å². The van der Waals surface area contributed by atoms with Gasteiger partial charge in [0.2, 0.25) is 0 Å². The number of carbonyl (C=O) groups is 2. The number of hydrogen-bond donors (Lipinski definition) is 1. The molecule has 1 fully saturated rings. The second kappa shape index (κ2) is 9.76. The molecule has 0 unspecified atom stereocenters. The third-order valence-electron chi connectivity index (χ3n) is 7.62. The SMILES string of the molecule is Cc1cc2ccccc2c(C(=O)O)c1-c1nc2n(c1C(=O)N1CCN(Cc3ccsc3)CC1)CCCC2. The van der Waals surface area contributed by atoms with Crippen molar-refractivity contribution in [3.63, 3.8) is 0 Å². The van der Waals surface area contributed by atoms with Crippen LogP contribution in [0.2, 0.25) is 0 Å². The molecular weight excluding hydrogens is 484 g/mol. The Kier molecular flexibility index (Phi) is 6.30. The van der Waals surface area contributed by atoms with Gasteiger partial charge in [0.15, 0.2) is 0 Å². The van der Waals surface area contributed by atoms with E-state index in [9.17, 15) is 14.7 Å². The number of benzene rings is 2. The van der Waals surface area contributed by atoms with E-state index in [0.717, 1.165) is 62.2 Å². The van der Waals surface area contributed by atoms with Gasteiger partial charge in [-0.05, 0) is 58.5 Å². The van der Waals surface area contributed by atoms with Crippen molar-refractivity contribution in [2.45, 2.75) is 39.3 Å². The Balaban J connectivity index is 1.40. The summed E-state index contributed by atoms with van der Waals surface area (Å²) >= 11 is 1.71. The molecule has 0 atom stereocenters. The van der Waals surface area contributed by atoms with Crippen molar-refractivity contribution < 1.29 is 14.7 Å². The van der Waals surface area contributed by atoms with Gasteiger partial charge in [-0.1, -0.05) is 30.3 Å². The molecule has 0 radical (unpaired) electrons. The van der Waals surface area contributed by atoms with Crippen LogP contribution in [0.5, 0.6) is 0 Å². The Hall–Kier alpha value is -3.49. The van der Waals surface area contributed by atoms with E-state index in [0.29, 0.717) is 35.4 Å². The van der Waals surface area contributed by atoms with Gasteiger partial charge in [-0.2, -0.15) is 11.3 Å². The molecule has 0 aliphatic carbocycles. The molecule has 1 amide bonds. The predicted octanol–water partition coefficient (Wildman–Crippen LogP) is 5.07. The van der Waals surface area contributed by atoms with Crippen LogP contribution in [0, 0.1) is 6.92 Å². The lowest BCUT2D eigenvalue weighted by Crippen LogP contribution is -2.48. The van der Waals surface area contributed by atoms with Crippen molar-refractivity contribution in [3.05, 3.63) is 75.4 Å². The van der Waals surface area contributed by atoms with E-state index >= 15 is 0 Å². The van der Waals surface area contributed by atoms with E-state index in [2.05, 4.69) is 26.3 Å². The van der Waals surface area contributed by atoms with Crippen molar-refractivity contribution in [3.8, 4) is 11.3 Å². The zero-order valence-corrected chi connectivity index (χ0v) is 21.8. The van der Waals surface area contributed by atoms with Crippen LogP contribution < -0.4 is 0 Å². The number of carboxylic acid groups (broad SMARTS) is 1. The highest BCUT2D eigenvalue weighted by Crippen LogP contribution is 2.37. The number of aryl methyl sites for hydroxylation is 2. The number of rotatable bonds is 5. The summed E-state index contributed by atoms with van der Waals surface area (Å²) in [5, 5.41) is 16.1. The number of amides is 1. The molecule has 4 heterocycles. The number of fused-ring (bicyclic) bond motifs is 2. The highest BCUT2D eigenvalue weighted by molar-refractivity contribution is 7.07. The van der Waals surface area contributed by atoms with Crippen LogP contribution in [0.25, 0.3) is 22.0 Å². The zero-order chi connectivity index (χ0) is 25.5. The molecule has 2 aromatic carbocycles. The minimum atomic E-state index is -0.999. The maximum absolute atomic E-state index is 14.1. The van der Waals surface area contributed by atoms with E-state index in [1.165, 1.54) is 5.56 Å². The summed E-state index contributed by atoms with van der Waals surface area (Å²) in [5.41, 5.74) is 3.98. The van der Waals surface area contributed by atoms with Gasteiger partial charge in [0.25, 0.3) is 5.91 Å². The largest absolute Gasteiger partial charge is 0.478 e. The molecule has 37 heavy (non-hydrogen) atoms. The quantitative estimate of drug-likeness (QED) is 0.403. The van der Waals surface area contributed by atoms with Crippen molar-refractivity contribution in [1.82, 2.24) is 19.4 Å². The van der Waals surface area contributed by atoms with Crippen LogP contribution in [0.3, 0.4) is 0 Å². The summed E-state index contributed by atoms with van der Waals surface area (Å²) in [4.78, 5) is 36.0. The standard InChI is InChI=1S/C29H30N4O3S/c1-19-16-21-6-2-3-7-22(21)25(29(35)36)24(19)26-27(33-10-5-4-8-23(33)30-26)28(34)32-13-11-31(12-14-32)17-20-9-15-37-18-20/h2-3,6-7,9,15-16,18H,4-5,8,10-14,17H2,1H3,(H,35,36). The third-order valence-corrected chi connectivity index (χ3v) is 8.36. The molecular formula is C29H30N4O3S. The molecule has 1 N–H and O–H groups in total. The van der Waals surface area contributed by atoms with E-state index in [1.807, 2.05) is 42.2 Å². The van der Waals surface area contributed by atoms with Crippen molar-refractivity contribution in [2.75, 3.05) is 26.2 Å². The van der Waals surface area contributed by atoms with Gasteiger partial charge in [-0.3, -0.25) is 9.69 Å². The van der Waals surface area contributed by atoms with Crippen LogP contribution in [0.4, 0.5) is 0 Å². The maximum atomic E-state index is 14.1. The fourth-order valence-corrected chi connectivity index (χ4v) is 6.45. The van der Waals surface area contributed by atoms with Crippen molar-refractivity contribution >= 4 is 34.0 Å². The molecule has 2 aromatic heterocycles. The van der Waals surface area contributed by atoms with E-state index in [4.69, 9.17) is 4.98 Å². The van der Waals surface area contributed by atoms with Gasteiger partial charge in [-0.15, -0.1) is 0 Å². The van der Waals surface area contributed by atoms with Crippen LogP contribution in [0.15, 0.2) is 47.2 Å². The van der Waals surface area contributed by atoms with Gasteiger partial charge in [-0.25, -0.2) is 9.78 Å². The summed E-state index contributed by atoms with van der Waals surface area (Å²) in [6.45, 7) is 6.47. The second-order valence-corrected chi connectivity index (χ2v) is 10.8. The second-order valence-electron chi connectivity index (χ2n) is 10.0. The Labute approximate surface area is 220 Å². The molecule has 2 aliphatic heterocycles. The first kappa shape index (κ1) is 23.9. The van der Waals surface area contributed by atoms with Gasteiger partial charge in [0, 0.05) is 51.3 Å². The van der Waals surface area contributed by atoms with Crippen LogP contribution in [-0.2, 0) is 19.5 Å². The first-order chi connectivity index (χ1) is 18.0. The molecule has 0 bridgehead atoms. The first-order valence-corrected chi connectivity index (χ1v) is 13.8. The Morgan fingerprint density at radius 1 is 1.05 bits per heavy atom. The van der Waals surface area contributed by atoms with Gasteiger partial charge in [0.1, 0.15) is 17.2 Å². The fraction of sp³-hybridized carbons (Fsp3) is 0.345. The summed E-state index contributed by atoms with van der Waals surface area (Å²) < 4.78 is 2.05. The number of aromatic nitrogens is 2. The number of imidazole rings is 1. The van der Waals surface area contributed by atoms with Gasteiger partial charge < -0.3 is 14.6 Å². The Morgan fingerprint density at radius 2 is 1.86 bits per heavy atom. The minimum absolute atomic E-state index is 0.0465. The minimum Gasteiger partial charge on any atom is -0.478 e. The lowest BCUT2D eigenvalue weighted by Gasteiger charge is -2.35. The van der Waals surface area contributed by atoms with E-state index in [1.54, 1.807) is 11.3 Å². The normalized spacial score (nSPS) is 16.2. The average molecular weight is 515 g/mol. The number of carboxylic acids is 1. The molecule has 0 spiro atoms. The van der Waals surface area contributed by atoms with Crippen molar-refractivity contribution in [1.29, 1.82) is 0 Å². The zero-order valence-electron chi connectivity index (χ0n) is 20.9. The number of nitrogens with zero attached hydrogens (tertiary/aromatic N) is 4. The fourth-order valence-electron chi connectivity index (χ4n) is 5.79. The van der Waals surface area contributed by atoms with Gasteiger partial charge in [0.05, 0.1) is 5.56 Å². The molecule has 7 nitrogen and oxygen atoms in total. The number of piperazine rings is 1. The average Bonchev–Trinajstić information content (AvgIpc) is 3.55.